The van der Waals surface area contributed by atoms with Crippen molar-refractivity contribution in [2.75, 3.05) is 50.0 Å². The topological polar surface area (TPSA) is 103 Å². The van der Waals surface area contributed by atoms with Gasteiger partial charge in [-0.1, -0.05) is 0 Å². The van der Waals surface area contributed by atoms with Crippen LogP contribution in [-0.2, 0) is 22.4 Å². The lowest BCUT2D eigenvalue weighted by molar-refractivity contribution is -0.116. The number of ether oxygens (including phenoxy) is 1. The molecule has 2 N–H and O–H groups in total. The van der Waals surface area contributed by atoms with Crippen molar-refractivity contribution in [1.82, 2.24) is 14.9 Å². The van der Waals surface area contributed by atoms with Crippen LogP contribution in [0.3, 0.4) is 0 Å². The quantitative estimate of drug-likeness (QED) is 0.692. The molecule has 0 saturated carbocycles. The highest BCUT2D eigenvalue weighted by molar-refractivity contribution is 6.05. The zero-order valence-electron chi connectivity index (χ0n) is 17.5. The van der Waals surface area contributed by atoms with E-state index in [1.54, 1.807) is 18.2 Å². The van der Waals surface area contributed by atoms with Gasteiger partial charge in [-0.2, -0.15) is 5.26 Å². The van der Waals surface area contributed by atoms with Crippen molar-refractivity contribution in [2.24, 2.45) is 0 Å². The molecule has 1 atom stereocenters. The first-order valence-corrected chi connectivity index (χ1v) is 11.0. The van der Waals surface area contributed by atoms with Gasteiger partial charge in [-0.05, 0) is 61.6 Å². The molecule has 1 aromatic carbocycles. The van der Waals surface area contributed by atoms with E-state index in [1.165, 1.54) is 0 Å². The minimum Gasteiger partial charge on any atom is -0.379 e. The average molecular weight is 419 g/mol. The first kappa shape index (κ1) is 19.9. The molecule has 1 aromatic heterocycles. The lowest BCUT2D eigenvalue weighted by Crippen LogP contribution is -2.37. The van der Waals surface area contributed by atoms with E-state index in [2.05, 4.69) is 21.6 Å². The second-order valence-corrected chi connectivity index (χ2v) is 8.28. The maximum atomic E-state index is 12.9. The van der Waals surface area contributed by atoms with Crippen molar-refractivity contribution in [3.05, 3.63) is 46.3 Å². The minimum atomic E-state index is -0.493. The molecule has 0 spiro atoms. The molecule has 1 saturated heterocycles. The van der Waals surface area contributed by atoms with Crippen LogP contribution >= 0.6 is 0 Å². The zero-order valence-corrected chi connectivity index (χ0v) is 17.5. The first-order valence-electron chi connectivity index (χ1n) is 11.0. The molecule has 3 heterocycles. The summed E-state index contributed by atoms with van der Waals surface area (Å²) >= 11 is 0. The number of aryl methyl sites for hydroxylation is 1. The standard InChI is InChI=1S/C23H26N6O2/c24-14-15-5-6-19-17(13-15)20(22(30)26-19)21-16-3-1-4-18(16)27-23(28-21)25-7-2-8-29-9-11-31-12-10-29/h5-6,13,20H,1-4,7-12H2,(H,26,30)(H,25,27,28). The Morgan fingerprint density at radius 1 is 1.26 bits per heavy atom. The van der Waals surface area contributed by atoms with Gasteiger partial charge in [-0.3, -0.25) is 9.69 Å². The number of carbonyl (C=O) groups excluding carboxylic acids is 1. The van der Waals surface area contributed by atoms with Crippen LogP contribution in [0.1, 0.15) is 46.8 Å². The fourth-order valence-corrected chi connectivity index (χ4v) is 4.71. The summed E-state index contributed by atoms with van der Waals surface area (Å²) in [5, 5.41) is 15.6. The van der Waals surface area contributed by atoms with Crippen LogP contribution in [0.2, 0.25) is 0 Å². The van der Waals surface area contributed by atoms with Gasteiger partial charge < -0.3 is 15.4 Å². The number of hydrogen-bond donors (Lipinski definition) is 2. The van der Waals surface area contributed by atoms with E-state index < -0.39 is 5.92 Å². The summed E-state index contributed by atoms with van der Waals surface area (Å²) in [5.41, 5.74) is 5.05. The van der Waals surface area contributed by atoms with Crippen LogP contribution in [0, 0.1) is 11.3 Å². The van der Waals surface area contributed by atoms with Crippen molar-refractivity contribution < 1.29 is 9.53 Å². The third-order valence-electron chi connectivity index (χ3n) is 6.29. The second-order valence-electron chi connectivity index (χ2n) is 8.28. The second kappa shape index (κ2) is 8.61. The molecule has 0 bridgehead atoms. The van der Waals surface area contributed by atoms with Gasteiger partial charge >= 0.3 is 0 Å². The number of benzene rings is 1. The average Bonchev–Trinajstić information content (AvgIpc) is 3.40. The molecular weight excluding hydrogens is 392 g/mol. The fraction of sp³-hybridized carbons (Fsp3) is 0.478. The molecule has 2 aromatic rings. The van der Waals surface area contributed by atoms with Crippen LogP contribution < -0.4 is 10.6 Å². The van der Waals surface area contributed by atoms with Crippen molar-refractivity contribution >= 4 is 17.5 Å². The molecule has 0 radical (unpaired) electrons. The van der Waals surface area contributed by atoms with Crippen molar-refractivity contribution in [1.29, 1.82) is 5.26 Å². The maximum Gasteiger partial charge on any atom is 0.238 e. The normalized spacial score (nSPS) is 20.1. The molecular formula is C23H26N6O2. The van der Waals surface area contributed by atoms with Crippen LogP contribution in [-0.4, -0.2) is 60.2 Å². The Hall–Kier alpha value is -3.02. The summed E-state index contributed by atoms with van der Waals surface area (Å²) in [5.74, 6) is 0.0125. The van der Waals surface area contributed by atoms with Gasteiger partial charge in [0.05, 0.1) is 30.5 Å². The SMILES string of the molecule is N#Cc1ccc2c(c1)C(c1nc(NCCCN3CCOCC3)nc3c1CCC3)C(=O)N2. The predicted octanol–water partition coefficient (Wildman–Crippen LogP) is 2.06. The number of morpholine rings is 1. The third-order valence-corrected chi connectivity index (χ3v) is 6.29. The van der Waals surface area contributed by atoms with Gasteiger partial charge in [0.15, 0.2) is 0 Å². The molecule has 160 valence electrons. The first-order chi connectivity index (χ1) is 15.2. The molecule has 3 aliphatic rings. The summed E-state index contributed by atoms with van der Waals surface area (Å²) < 4.78 is 5.40. The van der Waals surface area contributed by atoms with Gasteiger partial charge in [0, 0.05) is 31.0 Å². The van der Waals surface area contributed by atoms with Gasteiger partial charge in [0.25, 0.3) is 0 Å². The summed E-state index contributed by atoms with van der Waals surface area (Å²) in [6.07, 6.45) is 3.82. The van der Waals surface area contributed by atoms with Crippen LogP contribution in [0.4, 0.5) is 11.6 Å². The van der Waals surface area contributed by atoms with E-state index in [9.17, 15) is 10.1 Å². The number of nitriles is 1. The van der Waals surface area contributed by atoms with E-state index in [1.807, 2.05) is 0 Å². The molecule has 8 nitrogen and oxygen atoms in total. The monoisotopic (exact) mass is 418 g/mol. The van der Waals surface area contributed by atoms with E-state index in [-0.39, 0.29) is 5.91 Å². The van der Waals surface area contributed by atoms with E-state index in [0.29, 0.717) is 11.5 Å². The molecule has 1 unspecified atom stereocenters. The number of carbonyl (C=O) groups is 1. The summed E-state index contributed by atoms with van der Waals surface area (Å²) in [4.78, 5) is 24.9. The maximum absolute atomic E-state index is 12.9. The minimum absolute atomic E-state index is 0.0869. The molecule has 1 fully saturated rings. The number of anilines is 2. The number of amides is 1. The van der Waals surface area contributed by atoms with Gasteiger partial charge in [0.2, 0.25) is 11.9 Å². The van der Waals surface area contributed by atoms with Crippen LogP contribution in [0.5, 0.6) is 0 Å². The summed E-state index contributed by atoms with van der Waals surface area (Å²) in [7, 11) is 0. The number of nitrogens with one attached hydrogen (secondary N) is 2. The van der Waals surface area contributed by atoms with Gasteiger partial charge in [0.1, 0.15) is 5.92 Å². The number of rotatable bonds is 6. The molecule has 31 heavy (non-hydrogen) atoms. The smallest absolute Gasteiger partial charge is 0.238 e. The number of hydrogen-bond acceptors (Lipinski definition) is 7. The molecule has 1 amide bonds. The van der Waals surface area contributed by atoms with Gasteiger partial charge in [-0.25, -0.2) is 9.97 Å². The van der Waals surface area contributed by atoms with Crippen LogP contribution in [0.25, 0.3) is 0 Å². The molecule has 8 heteroatoms. The van der Waals surface area contributed by atoms with E-state index in [4.69, 9.17) is 14.7 Å². The summed E-state index contributed by atoms with van der Waals surface area (Å²) in [6, 6.07) is 7.51. The van der Waals surface area contributed by atoms with Crippen LogP contribution in [0.15, 0.2) is 18.2 Å². The molecule has 2 aliphatic heterocycles. The lowest BCUT2D eigenvalue weighted by atomic mass is 9.92. The fourth-order valence-electron chi connectivity index (χ4n) is 4.71. The Bertz CT molecular complexity index is 1040. The molecule has 1 aliphatic carbocycles. The largest absolute Gasteiger partial charge is 0.379 e. The Kier molecular flexibility index (Phi) is 5.53. The summed E-state index contributed by atoms with van der Waals surface area (Å²) in [6.45, 7) is 5.39. The Balaban J connectivity index is 1.37. The number of nitrogens with zero attached hydrogens (tertiary/aromatic N) is 4. The van der Waals surface area contributed by atoms with E-state index >= 15 is 0 Å². The third kappa shape index (κ3) is 3.99. The molecule has 5 rings (SSSR count). The number of aromatic nitrogens is 2. The Morgan fingerprint density at radius 3 is 2.97 bits per heavy atom. The highest BCUT2D eigenvalue weighted by Crippen LogP contribution is 2.40. The lowest BCUT2D eigenvalue weighted by Gasteiger charge is -2.26. The van der Waals surface area contributed by atoms with Gasteiger partial charge in [-0.15, -0.1) is 0 Å². The Morgan fingerprint density at radius 2 is 2.13 bits per heavy atom. The predicted molar refractivity (Wildman–Crippen MR) is 116 cm³/mol. The number of fused-ring (bicyclic) bond motifs is 2. The van der Waals surface area contributed by atoms with E-state index in [0.717, 1.165) is 93.3 Å². The van der Waals surface area contributed by atoms with Crippen molar-refractivity contribution in [3.8, 4) is 6.07 Å². The highest BCUT2D eigenvalue weighted by Gasteiger charge is 2.37. The highest BCUT2D eigenvalue weighted by atomic mass is 16.5. The Labute approximate surface area is 181 Å². The zero-order chi connectivity index (χ0) is 21.2. The van der Waals surface area contributed by atoms with Crippen molar-refractivity contribution in [2.45, 2.75) is 31.6 Å². The van der Waals surface area contributed by atoms with Crippen molar-refractivity contribution in [3.63, 3.8) is 0 Å².